The molecule has 0 unspecified atom stereocenters. The van der Waals surface area contributed by atoms with Crippen LogP contribution in [0.15, 0.2) is 6.20 Å². The molecular formula is C16H25N5O2. The lowest BCUT2D eigenvalue weighted by molar-refractivity contribution is 0.0182. The standard InChI is InChI=1S/C16H25N5O2/c1-16(23)7-3-6-11(8-16)19-14-12(13(17)22)9-18-15(21-14)20-10-4-2-5-10/h9-11,23H,2-8H2,1H3,(H2,17,22)(H2,18,19,20,21)/t11-,16+/m1/s1. The third-order valence-corrected chi connectivity index (χ3v) is 4.79. The Bertz CT molecular complexity index is 586. The number of nitrogens with one attached hydrogen (secondary N) is 2. The number of carbonyl (C=O) groups excluding carboxylic acids is 1. The van der Waals surface area contributed by atoms with Gasteiger partial charge in [0.1, 0.15) is 5.82 Å². The van der Waals surface area contributed by atoms with E-state index in [-0.39, 0.29) is 11.6 Å². The van der Waals surface area contributed by atoms with Crippen LogP contribution < -0.4 is 16.4 Å². The van der Waals surface area contributed by atoms with E-state index in [9.17, 15) is 9.90 Å². The molecule has 5 N–H and O–H groups in total. The number of nitrogens with zero attached hydrogens (tertiary/aromatic N) is 2. The van der Waals surface area contributed by atoms with Crippen molar-refractivity contribution in [3.8, 4) is 0 Å². The van der Waals surface area contributed by atoms with Gasteiger partial charge in [0.25, 0.3) is 5.91 Å². The third kappa shape index (κ3) is 3.90. The van der Waals surface area contributed by atoms with Gasteiger partial charge in [0.05, 0.1) is 11.2 Å². The molecule has 7 heteroatoms. The Morgan fingerprint density at radius 1 is 1.30 bits per heavy atom. The van der Waals surface area contributed by atoms with Gasteiger partial charge >= 0.3 is 0 Å². The smallest absolute Gasteiger partial charge is 0.254 e. The average molecular weight is 319 g/mol. The molecule has 2 aliphatic carbocycles. The van der Waals surface area contributed by atoms with Crippen molar-refractivity contribution in [3.63, 3.8) is 0 Å². The summed E-state index contributed by atoms with van der Waals surface area (Å²) in [4.78, 5) is 20.3. The van der Waals surface area contributed by atoms with Gasteiger partial charge in [-0.15, -0.1) is 0 Å². The molecule has 1 heterocycles. The van der Waals surface area contributed by atoms with Gasteiger partial charge in [-0.3, -0.25) is 4.79 Å². The summed E-state index contributed by atoms with van der Waals surface area (Å²) in [5, 5.41) is 16.8. The minimum Gasteiger partial charge on any atom is -0.390 e. The monoisotopic (exact) mass is 319 g/mol. The first-order chi connectivity index (χ1) is 10.9. The number of primary amides is 1. The van der Waals surface area contributed by atoms with Crippen LogP contribution in [0.4, 0.5) is 11.8 Å². The van der Waals surface area contributed by atoms with Crippen molar-refractivity contribution in [2.24, 2.45) is 5.73 Å². The van der Waals surface area contributed by atoms with Gasteiger partial charge in [-0.1, -0.05) is 0 Å². The van der Waals surface area contributed by atoms with Crippen LogP contribution in [0.3, 0.4) is 0 Å². The van der Waals surface area contributed by atoms with E-state index in [4.69, 9.17) is 5.73 Å². The average Bonchev–Trinajstić information content (AvgIpc) is 2.42. The molecule has 0 aromatic carbocycles. The molecule has 126 valence electrons. The van der Waals surface area contributed by atoms with E-state index < -0.39 is 11.5 Å². The highest BCUT2D eigenvalue weighted by Gasteiger charge is 2.30. The minimum absolute atomic E-state index is 0.0725. The fourth-order valence-electron chi connectivity index (χ4n) is 3.26. The fourth-order valence-corrected chi connectivity index (χ4v) is 3.26. The number of amides is 1. The van der Waals surface area contributed by atoms with Gasteiger partial charge in [0.2, 0.25) is 5.95 Å². The lowest BCUT2D eigenvalue weighted by Gasteiger charge is -2.34. The summed E-state index contributed by atoms with van der Waals surface area (Å²) >= 11 is 0. The molecule has 2 atom stereocenters. The van der Waals surface area contributed by atoms with E-state index in [2.05, 4.69) is 20.6 Å². The Morgan fingerprint density at radius 2 is 2.04 bits per heavy atom. The zero-order valence-electron chi connectivity index (χ0n) is 13.5. The van der Waals surface area contributed by atoms with Crippen molar-refractivity contribution in [1.82, 2.24) is 9.97 Å². The number of anilines is 2. The molecule has 0 bridgehead atoms. The molecule has 1 aromatic heterocycles. The molecule has 3 rings (SSSR count). The lowest BCUT2D eigenvalue weighted by atomic mass is 9.83. The van der Waals surface area contributed by atoms with E-state index in [1.165, 1.54) is 12.6 Å². The number of aliphatic hydroxyl groups is 1. The summed E-state index contributed by atoms with van der Waals surface area (Å²) in [6.07, 6.45) is 8.23. The van der Waals surface area contributed by atoms with Crippen molar-refractivity contribution in [1.29, 1.82) is 0 Å². The van der Waals surface area contributed by atoms with Gasteiger partial charge < -0.3 is 21.5 Å². The van der Waals surface area contributed by atoms with Gasteiger partial charge in [0.15, 0.2) is 0 Å². The number of aromatic nitrogens is 2. The van der Waals surface area contributed by atoms with E-state index in [1.54, 1.807) is 0 Å². The second-order valence-electron chi connectivity index (χ2n) is 7.03. The highest BCUT2D eigenvalue weighted by atomic mass is 16.3. The van der Waals surface area contributed by atoms with Crippen molar-refractivity contribution >= 4 is 17.7 Å². The Morgan fingerprint density at radius 3 is 2.65 bits per heavy atom. The molecule has 2 saturated carbocycles. The SMILES string of the molecule is C[C@]1(O)CCC[C@@H](Nc2nc(NC3CCC3)ncc2C(N)=O)C1. The van der Waals surface area contributed by atoms with Crippen LogP contribution in [-0.4, -0.2) is 38.7 Å². The van der Waals surface area contributed by atoms with Crippen LogP contribution in [0.25, 0.3) is 0 Å². The Hall–Kier alpha value is -1.89. The normalized spacial score (nSPS) is 28.0. The predicted molar refractivity (Wildman–Crippen MR) is 88.3 cm³/mol. The number of hydrogen-bond acceptors (Lipinski definition) is 6. The molecule has 2 aliphatic rings. The van der Waals surface area contributed by atoms with Crippen molar-refractivity contribution in [3.05, 3.63) is 11.8 Å². The minimum atomic E-state index is -0.678. The van der Waals surface area contributed by atoms with E-state index >= 15 is 0 Å². The first kappa shape index (κ1) is 16.0. The molecule has 0 radical (unpaired) electrons. The number of hydrogen-bond donors (Lipinski definition) is 4. The lowest BCUT2D eigenvalue weighted by Crippen LogP contribution is -2.38. The number of nitrogens with two attached hydrogens (primary N) is 1. The first-order valence-corrected chi connectivity index (χ1v) is 8.35. The Balaban J connectivity index is 1.76. The van der Waals surface area contributed by atoms with Crippen molar-refractivity contribution in [2.45, 2.75) is 69.6 Å². The summed E-state index contributed by atoms with van der Waals surface area (Å²) in [6, 6.07) is 0.487. The molecule has 0 saturated heterocycles. The largest absolute Gasteiger partial charge is 0.390 e. The Kier molecular flexibility index (Phi) is 4.39. The molecule has 0 spiro atoms. The topological polar surface area (TPSA) is 113 Å². The van der Waals surface area contributed by atoms with Gasteiger partial charge in [-0.2, -0.15) is 4.98 Å². The van der Waals surface area contributed by atoms with Gasteiger partial charge in [0, 0.05) is 18.3 Å². The van der Waals surface area contributed by atoms with Crippen LogP contribution >= 0.6 is 0 Å². The maximum atomic E-state index is 11.6. The highest BCUT2D eigenvalue weighted by Crippen LogP contribution is 2.30. The predicted octanol–water partition coefficient (Wildman–Crippen LogP) is 1.65. The van der Waals surface area contributed by atoms with Gasteiger partial charge in [-0.05, 0) is 51.9 Å². The van der Waals surface area contributed by atoms with Gasteiger partial charge in [-0.25, -0.2) is 4.98 Å². The molecule has 1 amide bonds. The summed E-state index contributed by atoms with van der Waals surface area (Å²) in [7, 11) is 0. The maximum absolute atomic E-state index is 11.6. The van der Waals surface area contributed by atoms with Crippen molar-refractivity contribution < 1.29 is 9.90 Å². The van der Waals surface area contributed by atoms with Crippen LogP contribution in [0.5, 0.6) is 0 Å². The maximum Gasteiger partial charge on any atom is 0.254 e. The third-order valence-electron chi connectivity index (χ3n) is 4.79. The summed E-state index contributed by atoms with van der Waals surface area (Å²) in [5.74, 6) is 0.423. The first-order valence-electron chi connectivity index (χ1n) is 8.35. The van der Waals surface area contributed by atoms with Crippen LogP contribution in [0.1, 0.15) is 62.2 Å². The number of rotatable bonds is 5. The van der Waals surface area contributed by atoms with Crippen molar-refractivity contribution in [2.75, 3.05) is 10.6 Å². The molecule has 23 heavy (non-hydrogen) atoms. The second-order valence-corrected chi connectivity index (χ2v) is 7.03. The molecule has 1 aromatic rings. The summed E-state index contributed by atoms with van der Waals surface area (Å²) in [6.45, 7) is 1.85. The summed E-state index contributed by atoms with van der Waals surface area (Å²) < 4.78 is 0. The highest BCUT2D eigenvalue weighted by molar-refractivity contribution is 5.97. The zero-order valence-corrected chi connectivity index (χ0v) is 13.5. The summed E-state index contributed by atoms with van der Waals surface area (Å²) in [5.41, 5.74) is 5.04. The molecular weight excluding hydrogens is 294 g/mol. The van der Waals surface area contributed by atoms with E-state index in [1.807, 2.05) is 6.92 Å². The molecule has 7 nitrogen and oxygen atoms in total. The quantitative estimate of drug-likeness (QED) is 0.656. The van der Waals surface area contributed by atoms with E-state index in [0.717, 1.165) is 32.1 Å². The second kappa shape index (κ2) is 6.31. The zero-order chi connectivity index (χ0) is 16.4. The van der Waals surface area contributed by atoms with E-state index in [0.29, 0.717) is 24.2 Å². The fraction of sp³-hybridized carbons (Fsp3) is 0.688. The van der Waals surface area contributed by atoms with Crippen LogP contribution in [0.2, 0.25) is 0 Å². The Labute approximate surface area is 136 Å². The van der Waals surface area contributed by atoms with Crippen LogP contribution in [-0.2, 0) is 0 Å². The molecule has 2 fully saturated rings. The molecule has 0 aliphatic heterocycles. The number of carbonyl (C=O) groups is 1. The van der Waals surface area contributed by atoms with Crippen LogP contribution in [0, 0.1) is 0 Å².